The van der Waals surface area contributed by atoms with Gasteiger partial charge in [-0.15, -0.1) is 0 Å². The molecule has 0 aliphatic heterocycles. The summed E-state index contributed by atoms with van der Waals surface area (Å²) in [5.74, 6) is 0.428. The number of hydrogen-bond donors (Lipinski definition) is 2. The first-order chi connectivity index (χ1) is 13.1. The number of nitrogens with one attached hydrogen (secondary N) is 2. The zero-order valence-electron chi connectivity index (χ0n) is 16.0. The lowest BCUT2D eigenvalue weighted by molar-refractivity contribution is 0.102. The fourth-order valence-corrected chi connectivity index (χ4v) is 3.06. The molecular weight excluding hydrogens is 338 g/mol. The lowest BCUT2D eigenvalue weighted by Gasteiger charge is -2.13. The summed E-state index contributed by atoms with van der Waals surface area (Å²) in [4.78, 5) is 22.8. The Morgan fingerprint density at radius 1 is 1.11 bits per heavy atom. The van der Waals surface area contributed by atoms with Gasteiger partial charge < -0.3 is 15.5 Å². The highest BCUT2D eigenvalue weighted by Crippen LogP contribution is 2.20. The van der Waals surface area contributed by atoms with Crippen molar-refractivity contribution in [2.45, 2.75) is 32.1 Å². The zero-order chi connectivity index (χ0) is 19.1. The molecule has 0 saturated carbocycles. The predicted molar refractivity (Wildman–Crippen MR) is 110 cm³/mol. The molecule has 2 aromatic rings. The van der Waals surface area contributed by atoms with Gasteiger partial charge >= 0.3 is 0 Å². The van der Waals surface area contributed by atoms with Gasteiger partial charge in [0, 0.05) is 32.0 Å². The average Bonchev–Trinajstić information content (AvgIpc) is 2.70. The van der Waals surface area contributed by atoms with Gasteiger partial charge in [0.15, 0.2) is 0 Å². The summed E-state index contributed by atoms with van der Waals surface area (Å²) in [6.45, 7) is 0.838. The lowest BCUT2D eigenvalue weighted by Crippen LogP contribution is -2.15. The van der Waals surface area contributed by atoms with Crippen molar-refractivity contribution in [2.75, 3.05) is 36.2 Å². The standard InChI is InChI=1S/C21H27N5O/c1-26(2)18-10-8-17(9-11-18)25-21(27)19-14-24-20(15-23-19)22-13-12-16-6-4-3-5-7-16/h6,8-11,14-15H,3-5,7,12-13H2,1-2H3,(H,22,24)(H,25,27). The first kappa shape index (κ1) is 18.9. The van der Waals surface area contributed by atoms with Crippen LogP contribution >= 0.6 is 0 Å². The fourth-order valence-electron chi connectivity index (χ4n) is 3.06. The molecule has 0 fully saturated rings. The van der Waals surface area contributed by atoms with Crippen LogP contribution in [0.2, 0.25) is 0 Å². The molecule has 27 heavy (non-hydrogen) atoms. The van der Waals surface area contributed by atoms with Crippen molar-refractivity contribution >= 4 is 23.1 Å². The first-order valence-electron chi connectivity index (χ1n) is 9.44. The Morgan fingerprint density at radius 3 is 2.56 bits per heavy atom. The van der Waals surface area contributed by atoms with Gasteiger partial charge in [-0.3, -0.25) is 4.79 Å². The quantitative estimate of drug-likeness (QED) is 0.723. The number of allylic oxidation sites excluding steroid dienone is 1. The molecule has 0 spiro atoms. The number of benzene rings is 1. The molecule has 1 amide bonds. The Kier molecular flexibility index (Phi) is 6.41. The van der Waals surface area contributed by atoms with Crippen LogP contribution in [-0.4, -0.2) is 36.5 Å². The summed E-state index contributed by atoms with van der Waals surface area (Å²) in [5, 5.41) is 6.12. The van der Waals surface area contributed by atoms with Gasteiger partial charge in [-0.2, -0.15) is 0 Å². The number of anilines is 3. The third-order valence-corrected chi connectivity index (χ3v) is 4.66. The van der Waals surface area contributed by atoms with Crippen LogP contribution in [0.1, 0.15) is 42.6 Å². The minimum atomic E-state index is -0.265. The van der Waals surface area contributed by atoms with Gasteiger partial charge in [0.2, 0.25) is 0 Å². The van der Waals surface area contributed by atoms with Crippen LogP contribution in [0.25, 0.3) is 0 Å². The molecule has 0 radical (unpaired) electrons. The molecule has 3 rings (SSSR count). The number of carbonyl (C=O) groups excluding carboxylic acids is 1. The summed E-state index contributed by atoms with van der Waals surface area (Å²) in [6, 6.07) is 7.65. The highest BCUT2D eigenvalue weighted by Gasteiger charge is 2.09. The number of carbonyl (C=O) groups is 1. The Hall–Kier alpha value is -2.89. The van der Waals surface area contributed by atoms with E-state index in [1.807, 2.05) is 43.3 Å². The molecule has 6 nitrogen and oxygen atoms in total. The predicted octanol–water partition coefficient (Wildman–Crippen LogP) is 4.10. The van der Waals surface area contributed by atoms with E-state index in [4.69, 9.17) is 0 Å². The lowest BCUT2D eigenvalue weighted by atomic mass is 9.97. The van der Waals surface area contributed by atoms with Crippen molar-refractivity contribution in [3.8, 4) is 0 Å². The molecule has 1 aliphatic carbocycles. The SMILES string of the molecule is CN(C)c1ccc(NC(=O)c2cnc(NCCC3=CCCCC3)cn2)cc1. The number of aromatic nitrogens is 2. The van der Waals surface area contributed by atoms with Crippen molar-refractivity contribution in [1.82, 2.24) is 9.97 Å². The van der Waals surface area contributed by atoms with Crippen LogP contribution in [0.4, 0.5) is 17.2 Å². The van der Waals surface area contributed by atoms with Crippen molar-refractivity contribution in [3.63, 3.8) is 0 Å². The van der Waals surface area contributed by atoms with Crippen molar-refractivity contribution in [1.29, 1.82) is 0 Å². The van der Waals surface area contributed by atoms with Crippen LogP contribution in [0.15, 0.2) is 48.3 Å². The van der Waals surface area contributed by atoms with E-state index in [1.54, 1.807) is 6.20 Å². The summed E-state index contributed by atoms with van der Waals surface area (Å²) in [5.41, 5.74) is 3.63. The van der Waals surface area contributed by atoms with Crippen molar-refractivity contribution < 1.29 is 4.79 Å². The normalized spacial score (nSPS) is 13.6. The van der Waals surface area contributed by atoms with Gasteiger partial charge in [-0.05, 0) is 56.4 Å². The van der Waals surface area contributed by atoms with E-state index in [1.165, 1.54) is 37.5 Å². The molecule has 142 valence electrons. The van der Waals surface area contributed by atoms with Gasteiger partial charge in [0.05, 0.1) is 12.4 Å². The van der Waals surface area contributed by atoms with Gasteiger partial charge in [-0.1, -0.05) is 11.6 Å². The molecule has 1 aromatic heterocycles. The van der Waals surface area contributed by atoms with Crippen LogP contribution in [-0.2, 0) is 0 Å². The van der Waals surface area contributed by atoms with Gasteiger partial charge in [0.25, 0.3) is 5.91 Å². The zero-order valence-corrected chi connectivity index (χ0v) is 16.0. The minimum Gasteiger partial charge on any atom is -0.378 e. The van der Waals surface area contributed by atoms with Crippen molar-refractivity contribution in [3.05, 3.63) is 54.0 Å². The Morgan fingerprint density at radius 2 is 1.93 bits per heavy atom. The first-order valence-corrected chi connectivity index (χ1v) is 9.44. The second kappa shape index (κ2) is 9.16. The largest absolute Gasteiger partial charge is 0.378 e. The maximum Gasteiger partial charge on any atom is 0.275 e. The van der Waals surface area contributed by atoms with Crippen LogP contribution < -0.4 is 15.5 Å². The van der Waals surface area contributed by atoms with E-state index in [9.17, 15) is 4.79 Å². The monoisotopic (exact) mass is 365 g/mol. The van der Waals surface area contributed by atoms with E-state index in [0.29, 0.717) is 11.5 Å². The number of rotatable bonds is 7. The third kappa shape index (κ3) is 5.54. The minimum absolute atomic E-state index is 0.265. The summed E-state index contributed by atoms with van der Waals surface area (Å²) < 4.78 is 0. The molecule has 0 unspecified atom stereocenters. The number of hydrogen-bond acceptors (Lipinski definition) is 5. The topological polar surface area (TPSA) is 70.2 Å². The molecule has 0 bridgehead atoms. The molecule has 1 aromatic carbocycles. The average molecular weight is 365 g/mol. The van der Waals surface area contributed by atoms with Crippen LogP contribution in [0, 0.1) is 0 Å². The highest BCUT2D eigenvalue weighted by atomic mass is 16.1. The maximum atomic E-state index is 12.3. The third-order valence-electron chi connectivity index (χ3n) is 4.66. The molecular formula is C21H27N5O. The number of nitrogens with zero attached hydrogens (tertiary/aromatic N) is 3. The summed E-state index contributed by atoms with van der Waals surface area (Å²) in [6.07, 6.45) is 11.5. The van der Waals surface area contributed by atoms with E-state index in [2.05, 4.69) is 26.7 Å². The summed E-state index contributed by atoms with van der Waals surface area (Å²) in [7, 11) is 3.95. The summed E-state index contributed by atoms with van der Waals surface area (Å²) >= 11 is 0. The van der Waals surface area contributed by atoms with E-state index in [0.717, 1.165) is 24.3 Å². The molecule has 1 heterocycles. The second-order valence-corrected chi connectivity index (χ2v) is 6.97. The maximum absolute atomic E-state index is 12.3. The number of amides is 1. The fraction of sp³-hybridized carbons (Fsp3) is 0.381. The van der Waals surface area contributed by atoms with Gasteiger partial charge in [-0.25, -0.2) is 9.97 Å². The smallest absolute Gasteiger partial charge is 0.275 e. The Bertz CT molecular complexity index is 781. The highest BCUT2D eigenvalue weighted by molar-refractivity contribution is 6.02. The van der Waals surface area contributed by atoms with E-state index >= 15 is 0 Å². The van der Waals surface area contributed by atoms with Crippen molar-refractivity contribution in [2.24, 2.45) is 0 Å². The van der Waals surface area contributed by atoms with E-state index in [-0.39, 0.29) is 5.91 Å². The molecule has 1 aliphatic rings. The molecule has 0 saturated heterocycles. The molecule has 0 atom stereocenters. The molecule has 2 N–H and O–H groups in total. The Balaban J connectivity index is 1.50. The molecule has 6 heteroatoms. The van der Waals surface area contributed by atoms with E-state index < -0.39 is 0 Å². The van der Waals surface area contributed by atoms with Gasteiger partial charge in [0.1, 0.15) is 11.5 Å². The Labute approximate surface area is 160 Å². The van der Waals surface area contributed by atoms with Crippen LogP contribution in [0.3, 0.4) is 0 Å². The van der Waals surface area contributed by atoms with Crippen LogP contribution in [0.5, 0.6) is 0 Å². The second-order valence-electron chi connectivity index (χ2n) is 6.97.